The highest BCUT2D eigenvalue weighted by Gasteiger charge is 2.15. The summed E-state index contributed by atoms with van der Waals surface area (Å²) in [7, 11) is 0. The van der Waals surface area contributed by atoms with Crippen LogP contribution in [0.25, 0.3) is 0 Å². The normalized spacial score (nSPS) is 16.7. The Morgan fingerprint density at radius 3 is 2.61 bits per heavy atom. The van der Waals surface area contributed by atoms with Crippen LogP contribution in [-0.4, -0.2) is 24.4 Å². The lowest BCUT2D eigenvalue weighted by atomic mass is 10.1. The summed E-state index contributed by atoms with van der Waals surface area (Å²) in [6.45, 7) is 6.01. The van der Waals surface area contributed by atoms with E-state index in [1.54, 1.807) is 6.92 Å². The number of carbonyl (C=O) groups excluding carboxylic acids is 1. The van der Waals surface area contributed by atoms with Crippen LogP contribution < -0.4 is 10.2 Å². The second-order valence-corrected chi connectivity index (χ2v) is 5.46. The third kappa shape index (κ3) is 2.96. The van der Waals surface area contributed by atoms with Gasteiger partial charge in [-0.3, -0.25) is 4.79 Å². The first kappa shape index (κ1) is 13.2. The fourth-order valence-corrected chi connectivity index (χ4v) is 2.34. The molecule has 0 aromatic heterocycles. The largest absolute Gasteiger partial charge is 0.371 e. The third-order valence-electron chi connectivity index (χ3n) is 3.27. The Balaban J connectivity index is 2.11. The van der Waals surface area contributed by atoms with E-state index in [2.05, 4.69) is 23.2 Å². The topological polar surface area (TPSA) is 32.3 Å². The molecule has 3 nitrogen and oxygen atoms in total. The lowest BCUT2D eigenvalue weighted by Crippen LogP contribution is -2.21. The van der Waals surface area contributed by atoms with Gasteiger partial charge in [0.05, 0.1) is 0 Å². The minimum atomic E-state index is -0.511. The summed E-state index contributed by atoms with van der Waals surface area (Å²) in [5.74, 6) is -0.162. The fraction of sp³-hybridized carbons (Fsp3) is 0.500. The summed E-state index contributed by atoms with van der Waals surface area (Å²) in [6.07, 6.45) is 2.53. The van der Waals surface area contributed by atoms with Crippen molar-refractivity contribution < 1.29 is 4.79 Å². The molecule has 1 aliphatic heterocycles. The second kappa shape index (κ2) is 5.61. The minimum absolute atomic E-state index is 0.162. The second-order valence-electron chi connectivity index (χ2n) is 4.80. The van der Waals surface area contributed by atoms with Crippen LogP contribution in [0.15, 0.2) is 18.2 Å². The molecule has 1 saturated heterocycles. The van der Waals surface area contributed by atoms with Gasteiger partial charge in [0.25, 0.3) is 0 Å². The number of halogens is 1. The Hall–Kier alpha value is -1.22. The van der Waals surface area contributed by atoms with Crippen LogP contribution in [0.3, 0.4) is 0 Å². The van der Waals surface area contributed by atoms with E-state index in [0.717, 1.165) is 18.8 Å². The van der Waals surface area contributed by atoms with Gasteiger partial charge in [0, 0.05) is 24.5 Å². The molecule has 1 fully saturated rings. The summed E-state index contributed by atoms with van der Waals surface area (Å²) >= 11 is 5.73. The van der Waals surface area contributed by atoms with E-state index in [9.17, 15) is 4.79 Å². The molecule has 1 aromatic rings. The molecular formula is C14H19ClN2O. The fourth-order valence-electron chi connectivity index (χ4n) is 2.29. The van der Waals surface area contributed by atoms with Crippen LogP contribution in [0.1, 0.15) is 25.3 Å². The van der Waals surface area contributed by atoms with Crippen molar-refractivity contribution in [3.8, 4) is 0 Å². The zero-order valence-electron chi connectivity index (χ0n) is 10.9. The van der Waals surface area contributed by atoms with Gasteiger partial charge in [-0.05, 0) is 50.5 Å². The monoisotopic (exact) mass is 266 g/mol. The molecule has 0 saturated carbocycles. The minimum Gasteiger partial charge on any atom is -0.371 e. The van der Waals surface area contributed by atoms with E-state index in [1.165, 1.54) is 24.1 Å². The van der Waals surface area contributed by atoms with Gasteiger partial charge in [0.2, 0.25) is 5.91 Å². The molecule has 2 rings (SSSR count). The molecule has 0 aliphatic carbocycles. The quantitative estimate of drug-likeness (QED) is 0.853. The van der Waals surface area contributed by atoms with Gasteiger partial charge >= 0.3 is 0 Å². The summed E-state index contributed by atoms with van der Waals surface area (Å²) in [5, 5.41) is 2.30. The van der Waals surface area contributed by atoms with Gasteiger partial charge in [-0.15, -0.1) is 11.6 Å². The van der Waals surface area contributed by atoms with Crippen molar-refractivity contribution in [1.82, 2.24) is 0 Å². The van der Waals surface area contributed by atoms with Crippen LogP contribution in [0, 0.1) is 6.92 Å². The molecular weight excluding hydrogens is 248 g/mol. The Kier molecular flexibility index (Phi) is 4.12. The average molecular weight is 267 g/mol. The van der Waals surface area contributed by atoms with Crippen molar-refractivity contribution in [3.63, 3.8) is 0 Å². The number of benzene rings is 1. The van der Waals surface area contributed by atoms with E-state index in [1.807, 2.05) is 12.1 Å². The number of anilines is 2. The molecule has 1 amide bonds. The third-order valence-corrected chi connectivity index (χ3v) is 3.47. The van der Waals surface area contributed by atoms with Crippen molar-refractivity contribution in [2.75, 3.05) is 23.3 Å². The zero-order chi connectivity index (χ0) is 13.1. The summed E-state index contributed by atoms with van der Waals surface area (Å²) in [6, 6.07) is 6.03. The summed E-state index contributed by atoms with van der Waals surface area (Å²) in [5.41, 5.74) is 3.27. The number of hydrogen-bond donors (Lipinski definition) is 1. The van der Waals surface area contributed by atoms with Gasteiger partial charge < -0.3 is 10.2 Å². The Bertz CT molecular complexity index is 439. The number of aryl methyl sites for hydroxylation is 1. The van der Waals surface area contributed by atoms with Crippen molar-refractivity contribution >= 4 is 28.9 Å². The molecule has 0 bridgehead atoms. The molecule has 18 heavy (non-hydrogen) atoms. The van der Waals surface area contributed by atoms with Crippen molar-refractivity contribution in [2.24, 2.45) is 0 Å². The van der Waals surface area contributed by atoms with Crippen LogP contribution in [0.4, 0.5) is 11.4 Å². The lowest BCUT2D eigenvalue weighted by molar-refractivity contribution is -0.115. The van der Waals surface area contributed by atoms with E-state index < -0.39 is 5.38 Å². The number of hydrogen-bond acceptors (Lipinski definition) is 2. The van der Waals surface area contributed by atoms with Crippen LogP contribution >= 0.6 is 11.6 Å². The van der Waals surface area contributed by atoms with Crippen LogP contribution in [0.2, 0.25) is 0 Å². The average Bonchev–Trinajstić information content (AvgIpc) is 2.82. The predicted molar refractivity (Wildman–Crippen MR) is 76.6 cm³/mol. The van der Waals surface area contributed by atoms with Gasteiger partial charge in [0.1, 0.15) is 5.38 Å². The Labute approximate surface area is 113 Å². The van der Waals surface area contributed by atoms with Crippen LogP contribution in [0.5, 0.6) is 0 Å². The number of carbonyl (C=O) groups is 1. The van der Waals surface area contributed by atoms with E-state index in [4.69, 9.17) is 11.6 Å². The predicted octanol–water partition coefficient (Wildman–Crippen LogP) is 3.16. The molecule has 1 aromatic carbocycles. The van der Waals surface area contributed by atoms with Crippen molar-refractivity contribution in [3.05, 3.63) is 23.8 Å². The molecule has 1 N–H and O–H groups in total. The number of alkyl halides is 1. The zero-order valence-corrected chi connectivity index (χ0v) is 11.6. The van der Waals surface area contributed by atoms with Crippen molar-refractivity contribution in [2.45, 2.75) is 32.1 Å². The van der Waals surface area contributed by atoms with Crippen LogP contribution in [-0.2, 0) is 4.79 Å². The number of amides is 1. The molecule has 1 aliphatic rings. The van der Waals surface area contributed by atoms with E-state index >= 15 is 0 Å². The highest BCUT2D eigenvalue weighted by Crippen LogP contribution is 2.26. The molecule has 4 heteroatoms. The summed E-state index contributed by atoms with van der Waals surface area (Å²) in [4.78, 5) is 13.9. The van der Waals surface area contributed by atoms with E-state index in [0.29, 0.717) is 0 Å². The number of nitrogens with one attached hydrogen (secondary N) is 1. The van der Waals surface area contributed by atoms with Crippen molar-refractivity contribution in [1.29, 1.82) is 0 Å². The lowest BCUT2D eigenvalue weighted by Gasteiger charge is -2.20. The maximum absolute atomic E-state index is 11.5. The first-order chi connectivity index (χ1) is 8.58. The standard InChI is InChI=1S/C14H19ClN2O/c1-10-9-12(16-14(18)11(2)15)5-6-13(10)17-7-3-4-8-17/h5-6,9,11H,3-4,7-8H2,1-2H3,(H,16,18). The first-order valence-corrected chi connectivity index (χ1v) is 6.82. The SMILES string of the molecule is Cc1cc(NC(=O)C(C)Cl)ccc1N1CCCC1. The van der Waals surface area contributed by atoms with Gasteiger partial charge in [-0.1, -0.05) is 0 Å². The molecule has 98 valence electrons. The van der Waals surface area contributed by atoms with Gasteiger partial charge in [-0.25, -0.2) is 0 Å². The highest BCUT2D eigenvalue weighted by molar-refractivity contribution is 6.32. The Morgan fingerprint density at radius 2 is 2.06 bits per heavy atom. The molecule has 1 atom stereocenters. The molecule has 1 heterocycles. The highest BCUT2D eigenvalue weighted by atomic mass is 35.5. The molecule has 0 spiro atoms. The maximum atomic E-state index is 11.5. The molecule has 1 unspecified atom stereocenters. The molecule has 0 radical (unpaired) electrons. The summed E-state index contributed by atoms with van der Waals surface area (Å²) < 4.78 is 0. The van der Waals surface area contributed by atoms with Gasteiger partial charge in [0.15, 0.2) is 0 Å². The first-order valence-electron chi connectivity index (χ1n) is 6.38. The van der Waals surface area contributed by atoms with Gasteiger partial charge in [-0.2, -0.15) is 0 Å². The number of rotatable bonds is 3. The maximum Gasteiger partial charge on any atom is 0.242 e. The smallest absolute Gasteiger partial charge is 0.242 e. The van der Waals surface area contributed by atoms with E-state index in [-0.39, 0.29) is 5.91 Å². The number of nitrogens with zero attached hydrogens (tertiary/aromatic N) is 1. The Morgan fingerprint density at radius 1 is 1.39 bits per heavy atom.